The Morgan fingerprint density at radius 2 is 1.78 bits per heavy atom. The van der Waals surface area contributed by atoms with E-state index in [9.17, 15) is 22.8 Å². The molecule has 1 aliphatic rings. The number of alkyl halides is 3. The molecule has 1 N–H and O–H groups in total. The third-order valence-corrected chi connectivity index (χ3v) is 4.24. The maximum Gasteiger partial charge on any atom is 0.418 e. The predicted molar refractivity (Wildman–Crippen MR) is 92.5 cm³/mol. The van der Waals surface area contributed by atoms with Crippen LogP contribution in [-0.4, -0.2) is 53.3 Å². The van der Waals surface area contributed by atoms with Crippen molar-refractivity contribution in [2.45, 2.75) is 6.18 Å². The van der Waals surface area contributed by atoms with Crippen molar-refractivity contribution in [2.24, 2.45) is 0 Å². The first-order valence-electron chi connectivity index (χ1n) is 8.26. The molecule has 0 saturated carbocycles. The lowest BCUT2D eigenvalue weighted by molar-refractivity contribution is -0.136. The number of pyridine rings is 1. The fourth-order valence-electron chi connectivity index (χ4n) is 2.78. The highest BCUT2D eigenvalue weighted by atomic mass is 19.4. The first-order valence-corrected chi connectivity index (χ1v) is 8.26. The minimum absolute atomic E-state index is 0.0872. The third kappa shape index (κ3) is 4.36. The lowest BCUT2D eigenvalue weighted by Gasteiger charge is -2.32. The first-order chi connectivity index (χ1) is 12.9. The Bertz CT molecular complexity index is 816. The topological polar surface area (TPSA) is 65.5 Å². The molecule has 2 heterocycles. The second-order valence-electron chi connectivity index (χ2n) is 6.03. The molecule has 1 aromatic heterocycles. The predicted octanol–water partition coefficient (Wildman–Crippen LogP) is 2.76. The molecular weight excluding hydrogens is 361 g/mol. The van der Waals surface area contributed by atoms with Gasteiger partial charge in [-0.2, -0.15) is 13.2 Å². The maximum atomic E-state index is 13.0. The first kappa shape index (κ1) is 18.7. The van der Waals surface area contributed by atoms with E-state index in [1.54, 1.807) is 9.80 Å². The number of hydrogen-bond acceptors (Lipinski definition) is 4. The average molecular weight is 378 g/mol. The van der Waals surface area contributed by atoms with Gasteiger partial charge in [-0.05, 0) is 24.3 Å². The number of anilines is 2. The molecule has 1 fully saturated rings. The quantitative estimate of drug-likeness (QED) is 0.831. The number of halogens is 3. The number of piperazine rings is 1. The van der Waals surface area contributed by atoms with Crippen molar-refractivity contribution in [3.63, 3.8) is 0 Å². The van der Waals surface area contributed by atoms with Crippen LogP contribution in [0, 0.1) is 0 Å². The third-order valence-electron chi connectivity index (χ3n) is 4.24. The van der Waals surface area contributed by atoms with Crippen molar-refractivity contribution in [3.05, 3.63) is 53.9 Å². The van der Waals surface area contributed by atoms with Gasteiger partial charge in [-0.25, -0.2) is 4.98 Å². The average Bonchev–Trinajstić information content (AvgIpc) is 2.68. The highest BCUT2D eigenvalue weighted by Crippen LogP contribution is 2.35. The van der Waals surface area contributed by atoms with E-state index in [2.05, 4.69) is 10.3 Å². The standard InChI is InChI=1S/C18H17F3N4O2/c19-18(20,21)14-3-1-2-4-15(14)23-13-5-6-16(22-11-13)17(27)25-9-7-24(12-26)8-10-25/h1-6,11-12,23H,7-10H2. The van der Waals surface area contributed by atoms with Crippen LogP contribution in [0.25, 0.3) is 0 Å². The van der Waals surface area contributed by atoms with Gasteiger partial charge >= 0.3 is 6.18 Å². The van der Waals surface area contributed by atoms with E-state index in [1.807, 2.05) is 0 Å². The fraction of sp³-hybridized carbons (Fsp3) is 0.278. The minimum atomic E-state index is -4.48. The highest BCUT2D eigenvalue weighted by molar-refractivity contribution is 5.92. The van der Waals surface area contributed by atoms with Gasteiger partial charge < -0.3 is 15.1 Å². The molecule has 1 aliphatic heterocycles. The van der Waals surface area contributed by atoms with E-state index in [4.69, 9.17) is 0 Å². The molecule has 6 nitrogen and oxygen atoms in total. The number of hydrogen-bond donors (Lipinski definition) is 1. The van der Waals surface area contributed by atoms with E-state index < -0.39 is 11.7 Å². The summed E-state index contributed by atoms with van der Waals surface area (Å²) >= 11 is 0. The highest BCUT2D eigenvalue weighted by Gasteiger charge is 2.33. The molecule has 2 amide bonds. The van der Waals surface area contributed by atoms with Crippen LogP contribution in [0.15, 0.2) is 42.6 Å². The van der Waals surface area contributed by atoms with Gasteiger partial charge in [0.25, 0.3) is 5.91 Å². The van der Waals surface area contributed by atoms with Crippen LogP contribution in [-0.2, 0) is 11.0 Å². The molecule has 142 valence electrons. The van der Waals surface area contributed by atoms with Crippen molar-refractivity contribution in [1.29, 1.82) is 0 Å². The van der Waals surface area contributed by atoms with Gasteiger partial charge in [-0.3, -0.25) is 9.59 Å². The number of benzene rings is 1. The van der Waals surface area contributed by atoms with Crippen LogP contribution < -0.4 is 5.32 Å². The number of aromatic nitrogens is 1. The molecule has 1 aromatic carbocycles. The normalized spacial score (nSPS) is 14.8. The summed E-state index contributed by atoms with van der Waals surface area (Å²) in [4.78, 5) is 30.4. The number of amides is 2. The van der Waals surface area contributed by atoms with Gasteiger partial charge in [0.05, 0.1) is 23.1 Å². The van der Waals surface area contributed by atoms with Gasteiger partial charge in [-0.1, -0.05) is 12.1 Å². The second kappa shape index (κ2) is 7.65. The summed E-state index contributed by atoms with van der Waals surface area (Å²) < 4.78 is 39.1. The number of nitrogens with one attached hydrogen (secondary N) is 1. The molecule has 0 spiro atoms. The number of para-hydroxylation sites is 1. The van der Waals surface area contributed by atoms with Crippen LogP contribution in [0.1, 0.15) is 16.1 Å². The number of nitrogens with zero attached hydrogens (tertiary/aromatic N) is 3. The summed E-state index contributed by atoms with van der Waals surface area (Å²) in [7, 11) is 0. The molecule has 3 rings (SSSR count). The Morgan fingerprint density at radius 1 is 1.07 bits per heavy atom. The molecule has 27 heavy (non-hydrogen) atoms. The van der Waals surface area contributed by atoms with Crippen molar-refractivity contribution < 1.29 is 22.8 Å². The molecule has 1 saturated heterocycles. The van der Waals surface area contributed by atoms with Crippen molar-refractivity contribution in [2.75, 3.05) is 31.5 Å². The van der Waals surface area contributed by atoms with Crippen molar-refractivity contribution >= 4 is 23.7 Å². The second-order valence-corrected chi connectivity index (χ2v) is 6.03. The Morgan fingerprint density at radius 3 is 2.37 bits per heavy atom. The van der Waals surface area contributed by atoms with Gasteiger partial charge in [0.15, 0.2) is 0 Å². The lowest BCUT2D eigenvalue weighted by atomic mass is 10.1. The van der Waals surface area contributed by atoms with E-state index in [0.717, 1.165) is 12.5 Å². The van der Waals surface area contributed by atoms with Gasteiger partial charge in [-0.15, -0.1) is 0 Å². The van der Waals surface area contributed by atoms with E-state index in [1.165, 1.54) is 36.5 Å². The van der Waals surface area contributed by atoms with Gasteiger partial charge in [0.2, 0.25) is 6.41 Å². The van der Waals surface area contributed by atoms with Gasteiger partial charge in [0.1, 0.15) is 5.69 Å². The Kier molecular flexibility index (Phi) is 5.29. The van der Waals surface area contributed by atoms with Crippen molar-refractivity contribution in [3.8, 4) is 0 Å². The van der Waals surface area contributed by atoms with Crippen molar-refractivity contribution in [1.82, 2.24) is 14.8 Å². The monoisotopic (exact) mass is 378 g/mol. The SMILES string of the molecule is O=CN1CCN(C(=O)c2ccc(Nc3ccccc3C(F)(F)F)cn2)CC1. The summed E-state index contributed by atoms with van der Waals surface area (Å²) in [6, 6.07) is 8.11. The summed E-state index contributed by atoms with van der Waals surface area (Å²) in [5.74, 6) is -0.275. The summed E-state index contributed by atoms with van der Waals surface area (Å²) in [6.07, 6.45) is -2.40. The summed E-state index contributed by atoms with van der Waals surface area (Å²) in [5, 5.41) is 2.69. The zero-order chi connectivity index (χ0) is 19.4. The summed E-state index contributed by atoms with van der Waals surface area (Å²) in [5.41, 5.74) is -0.327. The maximum absolute atomic E-state index is 13.0. The van der Waals surface area contributed by atoms with E-state index >= 15 is 0 Å². The van der Waals surface area contributed by atoms with Gasteiger partial charge in [0, 0.05) is 26.2 Å². The molecule has 0 atom stereocenters. The molecule has 2 aromatic rings. The van der Waals surface area contributed by atoms with E-state index in [0.29, 0.717) is 31.9 Å². The number of carbonyl (C=O) groups excluding carboxylic acids is 2. The Labute approximate surface area is 153 Å². The zero-order valence-corrected chi connectivity index (χ0v) is 14.2. The van der Waals surface area contributed by atoms with Crippen LogP contribution in [0.4, 0.5) is 24.5 Å². The zero-order valence-electron chi connectivity index (χ0n) is 14.2. The van der Waals surface area contributed by atoms with Crippen LogP contribution in [0.3, 0.4) is 0 Å². The fourth-order valence-corrected chi connectivity index (χ4v) is 2.78. The summed E-state index contributed by atoms with van der Waals surface area (Å²) in [6.45, 7) is 1.75. The number of carbonyl (C=O) groups is 2. The molecule has 0 unspecified atom stereocenters. The minimum Gasteiger partial charge on any atom is -0.354 e. The smallest absolute Gasteiger partial charge is 0.354 e. The number of rotatable bonds is 4. The largest absolute Gasteiger partial charge is 0.418 e. The molecule has 0 bridgehead atoms. The van der Waals surface area contributed by atoms with Crippen LogP contribution in [0.5, 0.6) is 0 Å². The Hall–Kier alpha value is -3.10. The van der Waals surface area contributed by atoms with E-state index in [-0.39, 0.29) is 17.3 Å². The lowest BCUT2D eigenvalue weighted by Crippen LogP contribution is -2.48. The molecule has 0 aliphatic carbocycles. The van der Waals surface area contributed by atoms with Crippen LogP contribution >= 0.6 is 0 Å². The Balaban J connectivity index is 1.70. The molecule has 9 heteroatoms. The molecular formula is C18H17F3N4O2. The van der Waals surface area contributed by atoms with Crippen LogP contribution in [0.2, 0.25) is 0 Å². The molecule has 0 radical (unpaired) electrons.